The van der Waals surface area contributed by atoms with Gasteiger partial charge in [-0.2, -0.15) is 13.2 Å². The summed E-state index contributed by atoms with van der Waals surface area (Å²) in [7, 11) is 0. The Morgan fingerprint density at radius 2 is 1.88 bits per heavy atom. The van der Waals surface area contributed by atoms with Gasteiger partial charge in [-0.1, -0.05) is 17.7 Å². The number of halogens is 4. The van der Waals surface area contributed by atoms with Crippen LogP contribution in [0.5, 0.6) is 0 Å². The minimum atomic E-state index is -4.72. The number of pyridine rings is 1. The Hall–Kier alpha value is -2.61. The maximum absolute atomic E-state index is 12.8. The normalized spacial score (nSPS) is 11.8. The standard InChI is InChI=1S/C15H9ClF3N3O2/c16-9-3-1-4-10(7-9)22-12-11(5-2-6-20-12)13(23)21(14(22)24)8-15(17,18)19/h1-7H,8H2. The van der Waals surface area contributed by atoms with E-state index in [1.807, 2.05) is 0 Å². The molecule has 2 heterocycles. The molecule has 0 aliphatic carbocycles. The van der Waals surface area contributed by atoms with Gasteiger partial charge in [0.25, 0.3) is 5.56 Å². The monoisotopic (exact) mass is 355 g/mol. The van der Waals surface area contributed by atoms with Gasteiger partial charge in [-0.15, -0.1) is 0 Å². The van der Waals surface area contributed by atoms with Crippen LogP contribution in [0.25, 0.3) is 16.7 Å². The van der Waals surface area contributed by atoms with Crippen LogP contribution in [0.2, 0.25) is 5.02 Å². The third kappa shape index (κ3) is 2.92. The van der Waals surface area contributed by atoms with Crippen LogP contribution in [0, 0.1) is 0 Å². The molecule has 0 aliphatic rings. The van der Waals surface area contributed by atoms with E-state index in [9.17, 15) is 22.8 Å². The van der Waals surface area contributed by atoms with E-state index < -0.39 is 24.0 Å². The second-order valence-corrected chi connectivity index (χ2v) is 5.42. The zero-order valence-corrected chi connectivity index (χ0v) is 12.7. The Bertz CT molecular complexity index is 1040. The van der Waals surface area contributed by atoms with Crippen molar-refractivity contribution in [3.8, 4) is 5.69 Å². The lowest BCUT2D eigenvalue weighted by Gasteiger charge is -2.14. The average Bonchev–Trinajstić information content (AvgIpc) is 2.51. The van der Waals surface area contributed by atoms with Gasteiger partial charge < -0.3 is 0 Å². The third-order valence-electron chi connectivity index (χ3n) is 3.30. The molecule has 1 aromatic carbocycles. The van der Waals surface area contributed by atoms with E-state index >= 15 is 0 Å². The van der Waals surface area contributed by atoms with Crippen molar-refractivity contribution in [2.75, 3.05) is 0 Å². The highest BCUT2D eigenvalue weighted by atomic mass is 35.5. The summed E-state index contributed by atoms with van der Waals surface area (Å²) in [6.07, 6.45) is -3.37. The van der Waals surface area contributed by atoms with E-state index in [2.05, 4.69) is 4.98 Å². The molecule has 0 saturated carbocycles. The summed E-state index contributed by atoms with van der Waals surface area (Å²) in [4.78, 5) is 28.8. The van der Waals surface area contributed by atoms with Gasteiger partial charge in [0.2, 0.25) is 0 Å². The van der Waals surface area contributed by atoms with Crippen molar-refractivity contribution in [3.63, 3.8) is 0 Å². The number of nitrogens with zero attached hydrogens (tertiary/aromatic N) is 3. The number of benzene rings is 1. The molecule has 5 nitrogen and oxygen atoms in total. The average molecular weight is 356 g/mol. The van der Waals surface area contributed by atoms with E-state index in [4.69, 9.17) is 11.6 Å². The van der Waals surface area contributed by atoms with Crippen molar-refractivity contribution in [2.45, 2.75) is 12.7 Å². The first-order valence-corrected chi connectivity index (χ1v) is 7.09. The second-order valence-electron chi connectivity index (χ2n) is 4.98. The fourth-order valence-corrected chi connectivity index (χ4v) is 2.54. The summed E-state index contributed by atoms with van der Waals surface area (Å²) < 4.78 is 39.3. The van der Waals surface area contributed by atoms with Gasteiger partial charge >= 0.3 is 11.9 Å². The Morgan fingerprint density at radius 3 is 2.54 bits per heavy atom. The zero-order valence-electron chi connectivity index (χ0n) is 11.9. The van der Waals surface area contributed by atoms with Crippen molar-refractivity contribution < 1.29 is 13.2 Å². The number of hydrogen-bond donors (Lipinski definition) is 0. The molecule has 0 bridgehead atoms. The predicted octanol–water partition coefficient (Wildman–Crippen LogP) is 2.76. The molecular formula is C15H9ClF3N3O2. The molecule has 0 radical (unpaired) electrons. The fourth-order valence-electron chi connectivity index (χ4n) is 2.35. The molecule has 3 rings (SSSR count). The SMILES string of the molecule is O=c1c2cccnc2n(-c2cccc(Cl)c2)c(=O)n1CC(F)(F)F. The summed E-state index contributed by atoms with van der Waals surface area (Å²) in [5.74, 6) is 0. The van der Waals surface area contributed by atoms with Gasteiger partial charge in [0, 0.05) is 11.2 Å². The van der Waals surface area contributed by atoms with Crippen molar-refractivity contribution >= 4 is 22.6 Å². The van der Waals surface area contributed by atoms with E-state index in [1.165, 1.54) is 36.5 Å². The van der Waals surface area contributed by atoms with Crippen LogP contribution >= 0.6 is 11.6 Å². The lowest BCUT2D eigenvalue weighted by molar-refractivity contribution is -0.141. The molecule has 3 aromatic rings. The molecule has 0 aliphatic heterocycles. The largest absolute Gasteiger partial charge is 0.406 e. The van der Waals surface area contributed by atoms with Crippen molar-refractivity contribution in [1.29, 1.82) is 0 Å². The van der Waals surface area contributed by atoms with Gasteiger partial charge in [-0.25, -0.2) is 14.3 Å². The van der Waals surface area contributed by atoms with Crippen LogP contribution in [-0.4, -0.2) is 20.3 Å². The van der Waals surface area contributed by atoms with E-state index in [0.717, 1.165) is 4.57 Å². The van der Waals surface area contributed by atoms with E-state index in [0.29, 0.717) is 0 Å². The number of rotatable bonds is 2. The molecule has 0 N–H and O–H groups in total. The first-order chi connectivity index (χ1) is 11.3. The Labute approximate surface area is 137 Å². The molecule has 0 atom stereocenters. The minimum Gasteiger partial charge on any atom is -0.268 e. The third-order valence-corrected chi connectivity index (χ3v) is 3.54. The summed E-state index contributed by atoms with van der Waals surface area (Å²) in [5.41, 5.74) is -2.00. The van der Waals surface area contributed by atoms with Crippen molar-refractivity contribution in [2.24, 2.45) is 0 Å². The summed E-state index contributed by atoms with van der Waals surface area (Å²) in [6.45, 7) is -1.68. The Morgan fingerprint density at radius 1 is 1.12 bits per heavy atom. The Balaban J connectivity index is 2.44. The van der Waals surface area contributed by atoms with Gasteiger partial charge in [-0.3, -0.25) is 9.36 Å². The maximum atomic E-state index is 12.8. The molecule has 0 spiro atoms. The van der Waals surface area contributed by atoms with Gasteiger partial charge in [-0.05, 0) is 30.3 Å². The molecule has 0 unspecified atom stereocenters. The topological polar surface area (TPSA) is 56.9 Å². The number of hydrogen-bond acceptors (Lipinski definition) is 3. The molecule has 0 amide bonds. The minimum absolute atomic E-state index is 0.0341. The van der Waals surface area contributed by atoms with Crippen LogP contribution in [0.4, 0.5) is 13.2 Å². The van der Waals surface area contributed by atoms with Crippen LogP contribution in [-0.2, 0) is 6.54 Å². The molecule has 0 saturated heterocycles. The van der Waals surface area contributed by atoms with Gasteiger partial charge in [0.05, 0.1) is 11.1 Å². The van der Waals surface area contributed by atoms with Crippen molar-refractivity contribution in [3.05, 3.63) is 68.5 Å². The molecular weight excluding hydrogens is 347 g/mol. The number of fused-ring (bicyclic) bond motifs is 1. The van der Waals surface area contributed by atoms with E-state index in [1.54, 1.807) is 6.07 Å². The van der Waals surface area contributed by atoms with Crippen molar-refractivity contribution in [1.82, 2.24) is 14.1 Å². The molecule has 0 fully saturated rings. The second kappa shape index (κ2) is 5.79. The zero-order chi connectivity index (χ0) is 17.5. The molecule has 2 aromatic heterocycles. The van der Waals surface area contributed by atoms with Gasteiger partial charge in [0.15, 0.2) is 5.65 Å². The van der Waals surface area contributed by atoms with Crippen LogP contribution in [0.3, 0.4) is 0 Å². The molecule has 24 heavy (non-hydrogen) atoms. The highest BCUT2D eigenvalue weighted by molar-refractivity contribution is 6.30. The van der Waals surface area contributed by atoms with Crippen LogP contribution in [0.15, 0.2) is 52.2 Å². The number of aromatic nitrogens is 3. The Kier molecular flexibility index (Phi) is 3.92. The highest BCUT2D eigenvalue weighted by Gasteiger charge is 2.31. The maximum Gasteiger partial charge on any atom is 0.406 e. The lowest BCUT2D eigenvalue weighted by atomic mass is 10.3. The first kappa shape index (κ1) is 16.3. The fraction of sp³-hybridized carbons (Fsp3) is 0.133. The molecule has 9 heteroatoms. The summed E-state index contributed by atoms with van der Waals surface area (Å²) >= 11 is 5.89. The quantitative estimate of drug-likeness (QED) is 0.710. The van der Waals surface area contributed by atoms with Gasteiger partial charge in [0.1, 0.15) is 6.54 Å². The lowest BCUT2D eigenvalue weighted by Crippen LogP contribution is -2.43. The summed E-state index contributed by atoms with van der Waals surface area (Å²) in [5, 5.41) is 0.193. The van der Waals surface area contributed by atoms with Crippen LogP contribution in [0.1, 0.15) is 0 Å². The summed E-state index contributed by atoms with van der Waals surface area (Å²) in [6, 6.07) is 8.71. The first-order valence-electron chi connectivity index (χ1n) is 6.71. The highest BCUT2D eigenvalue weighted by Crippen LogP contribution is 2.18. The van der Waals surface area contributed by atoms with E-state index in [-0.39, 0.29) is 26.3 Å². The number of alkyl halides is 3. The smallest absolute Gasteiger partial charge is 0.268 e. The van der Waals surface area contributed by atoms with Crippen LogP contribution < -0.4 is 11.2 Å². The predicted molar refractivity (Wildman–Crippen MR) is 82.7 cm³/mol. The molecule has 124 valence electrons.